The number of rotatable bonds is 6. The molecule has 2 N–H and O–H groups in total. The second-order valence-electron chi connectivity index (χ2n) is 5.80. The van der Waals surface area contributed by atoms with Gasteiger partial charge in [-0.2, -0.15) is 5.26 Å². The summed E-state index contributed by atoms with van der Waals surface area (Å²) in [5, 5.41) is 14.4. The lowest BCUT2D eigenvalue weighted by Gasteiger charge is -2.23. The first-order valence-electron chi connectivity index (χ1n) is 7.96. The third-order valence-electron chi connectivity index (χ3n) is 3.86. The van der Waals surface area contributed by atoms with Gasteiger partial charge in [0.15, 0.2) is 0 Å². The number of anilines is 2. The molecule has 2 aromatic rings. The number of carbonyl (C=O) groups is 2. The lowest BCUT2D eigenvalue weighted by molar-refractivity contribution is -0.122. The molecule has 0 spiro atoms. The topological polar surface area (TPSA) is 85.2 Å². The van der Waals surface area contributed by atoms with Crippen molar-refractivity contribution in [3.05, 3.63) is 58.6 Å². The van der Waals surface area contributed by atoms with Crippen molar-refractivity contribution in [3.63, 3.8) is 0 Å². The van der Waals surface area contributed by atoms with Crippen LogP contribution in [0.15, 0.2) is 53.0 Å². The van der Waals surface area contributed by atoms with Crippen LogP contribution in [0.1, 0.15) is 12.5 Å². The van der Waals surface area contributed by atoms with E-state index >= 15 is 0 Å². The zero-order valence-corrected chi connectivity index (χ0v) is 16.1. The van der Waals surface area contributed by atoms with Crippen LogP contribution in [0.3, 0.4) is 0 Å². The smallest absolute Gasteiger partial charge is 0.241 e. The number of hydrogen-bond donors (Lipinski definition) is 2. The van der Waals surface area contributed by atoms with Crippen molar-refractivity contribution in [2.75, 3.05) is 24.2 Å². The molecule has 2 aromatic carbocycles. The largest absolute Gasteiger partial charge is 0.325 e. The molecule has 1 atom stereocenters. The number of carbonyl (C=O) groups excluding carboxylic acids is 2. The van der Waals surface area contributed by atoms with E-state index in [2.05, 4.69) is 26.6 Å². The Morgan fingerprint density at radius 1 is 1.15 bits per heavy atom. The molecule has 0 heterocycles. The third kappa shape index (κ3) is 5.41. The molecule has 0 aromatic heterocycles. The minimum atomic E-state index is -0.504. The van der Waals surface area contributed by atoms with Gasteiger partial charge in [-0.25, -0.2) is 0 Å². The first kappa shape index (κ1) is 19.6. The first-order chi connectivity index (χ1) is 12.4. The van der Waals surface area contributed by atoms with Crippen molar-refractivity contribution in [2.45, 2.75) is 13.0 Å². The Balaban J connectivity index is 1.90. The van der Waals surface area contributed by atoms with E-state index in [4.69, 9.17) is 5.26 Å². The molecule has 2 rings (SSSR count). The molecule has 0 saturated heterocycles. The van der Waals surface area contributed by atoms with Gasteiger partial charge in [-0.05, 0) is 66.3 Å². The van der Waals surface area contributed by atoms with Crippen LogP contribution in [0.25, 0.3) is 0 Å². The Bertz CT molecular complexity index is 830. The average molecular weight is 415 g/mol. The van der Waals surface area contributed by atoms with Crippen LogP contribution in [0, 0.1) is 11.3 Å². The van der Waals surface area contributed by atoms with E-state index in [-0.39, 0.29) is 18.4 Å². The number of nitrogens with zero attached hydrogens (tertiary/aromatic N) is 2. The Kier molecular flexibility index (Phi) is 6.89. The standard InChI is InChI=1S/C19H19BrN4O2/c1-13(19(26)22-15-9-7-14(11-21)8-10-15)24(2)12-18(25)23-17-6-4-3-5-16(17)20/h3-10,13H,12H2,1-2H3,(H,22,26)(H,23,25)/t13-/m0/s1. The number of nitrogens with one attached hydrogen (secondary N) is 2. The van der Waals surface area contributed by atoms with E-state index in [9.17, 15) is 9.59 Å². The summed E-state index contributed by atoms with van der Waals surface area (Å²) in [6.45, 7) is 1.80. The Morgan fingerprint density at radius 3 is 2.42 bits per heavy atom. The maximum atomic E-state index is 12.3. The van der Waals surface area contributed by atoms with Gasteiger partial charge in [0.05, 0.1) is 29.9 Å². The van der Waals surface area contributed by atoms with Gasteiger partial charge in [0.1, 0.15) is 0 Å². The molecule has 134 valence electrons. The normalized spacial score (nSPS) is 11.5. The number of hydrogen-bond acceptors (Lipinski definition) is 4. The number of benzene rings is 2. The number of halogens is 1. The first-order valence-corrected chi connectivity index (χ1v) is 8.75. The van der Waals surface area contributed by atoms with Crippen molar-refractivity contribution in [2.24, 2.45) is 0 Å². The molecule has 6 nitrogen and oxygen atoms in total. The zero-order chi connectivity index (χ0) is 19.1. The van der Waals surface area contributed by atoms with E-state index < -0.39 is 6.04 Å². The van der Waals surface area contributed by atoms with Crippen LogP contribution in [0.5, 0.6) is 0 Å². The van der Waals surface area contributed by atoms with Crippen LogP contribution in [-0.4, -0.2) is 36.3 Å². The SMILES string of the molecule is C[C@@H](C(=O)Nc1ccc(C#N)cc1)N(C)CC(=O)Nc1ccccc1Br. The summed E-state index contributed by atoms with van der Waals surface area (Å²) in [5.41, 5.74) is 1.81. The second-order valence-corrected chi connectivity index (χ2v) is 6.65. The molecule has 0 unspecified atom stereocenters. The molecule has 0 saturated carbocycles. The van der Waals surface area contributed by atoms with E-state index in [0.717, 1.165) is 4.47 Å². The minimum absolute atomic E-state index is 0.0727. The predicted octanol–water partition coefficient (Wildman–Crippen LogP) is 3.22. The fraction of sp³-hybridized carbons (Fsp3) is 0.211. The highest BCUT2D eigenvalue weighted by Gasteiger charge is 2.20. The summed E-state index contributed by atoms with van der Waals surface area (Å²) >= 11 is 3.38. The highest BCUT2D eigenvalue weighted by molar-refractivity contribution is 9.10. The van der Waals surface area contributed by atoms with Crippen LogP contribution in [0.2, 0.25) is 0 Å². The summed E-state index contributed by atoms with van der Waals surface area (Å²) in [6.07, 6.45) is 0. The highest BCUT2D eigenvalue weighted by atomic mass is 79.9. The van der Waals surface area contributed by atoms with Crippen molar-refractivity contribution >= 4 is 39.1 Å². The lowest BCUT2D eigenvalue weighted by atomic mass is 10.2. The second kappa shape index (κ2) is 9.13. The van der Waals surface area contributed by atoms with Gasteiger partial charge < -0.3 is 10.6 Å². The Hall–Kier alpha value is -2.69. The van der Waals surface area contributed by atoms with Gasteiger partial charge in [0.2, 0.25) is 11.8 Å². The Labute approximate surface area is 160 Å². The molecule has 2 amide bonds. The molecule has 0 aliphatic carbocycles. The lowest BCUT2D eigenvalue weighted by Crippen LogP contribution is -2.43. The van der Waals surface area contributed by atoms with Gasteiger partial charge in [0.25, 0.3) is 0 Å². The molecule has 7 heteroatoms. The Morgan fingerprint density at radius 2 is 1.81 bits per heavy atom. The molecular weight excluding hydrogens is 396 g/mol. The van der Waals surface area contributed by atoms with Crippen LogP contribution >= 0.6 is 15.9 Å². The predicted molar refractivity (Wildman–Crippen MR) is 105 cm³/mol. The molecule has 0 radical (unpaired) electrons. The zero-order valence-electron chi connectivity index (χ0n) is 14.5. The fourth-order valence-electron chi connectivity index (χ4n) is 2.19. The van der Waals surface area contributed by atoms with Gasteiger partial charge in [-0.1, -0.05) is 12.1 Å². The number of amides is 2. The third-order valence-corrected chi connectivity index (χ3v) is 4.55. The van der Waals surface area contributed by atoms with E-state index in [0.29, 0.717) is 16.9 Å². The van der Waals surface area contributed by atoms with Crippen molar-refractivity contribution < 1.29 is 9.59 Å². The maximum absolute atomic E-state index is 12.3. The van der Waals surface area contributed by atoms with E-state index in [1.54, 1.807) is 49.2 Å². The summed E-state index contributed by atoms with van der Waals surface area (Å²) in [6, 6.07) is 15.5. The summed E-state index contributed by atoms with van der Waals surface area (Å²) in [5.74, 6) is -0.441. The monoisotopic (exact) mass is 414 g/mol. The van der Waals surface area contributed by atoms with Crippen molar-refractivity contribution in [1.82, 2.24) is 4.90 Å². The quantitative estimate of drug-likeness (QED) is 0.759. The molecule has 0 bridgehead atoms. The summed E-state index contributed by atoms with van der Waals surface area (Å²) in [4.78, 5) is 26.2. The number of para-hydroxylation sites is 1. The fourth-order valence-corrected chi connectivity index (χ4v) is 2.57. The van der Waals surface area contributed by atoms with Crippen LogP contribution < -0.4 is 10.6 Å². The molecule has 0 aliphatic rings. The number of likely N-dealkylation sites (N-methyl/N-ethyl adjacent to an activating group) is 1. The average Bonchev–Trinajstić information content (AvgIpc) is 2.63. The van der Waals surface area contributed by atoms with Gasteiger partial charge in [-0.3, -0.25) is 14.5 Å². The molecular formula is C19H19BrN4O2. The summed E-state index contributed by atoms with van der Waals surface area (Å²) in [7, 11) is 1.71. The van der Waals surface area contributed by atoms with Crippen molar-refractivity contribution in [3.8, 4) is 6.07 Å². The van der Waals surface area contributed by atoms with Gasteiger partial charge in [-0.15, -0.1) is 0 Å². The van der Waals surface area contributed by atoms with E-state index in [1.807, 2.05) is 24.3 Å². The molecule has 26 heavy (non-hydrogen) atoms. The molecule has 0 aliphatic heterocycles. The van der Waals surface area contributed by atoms with Crippen molar-refractivity contribution in [1.29, 1.82) is 5.26 Å². The van der Waals surface area contributed by atoms with Crippen LogP contribution in [-0.2, 0) is 9.59 Å². The van der Waals surface area contributed by atoms with E-state index in [1.165, 1.54) is 0 Å². The number of nitriles is 1. The molecule has 0 fully saturated rings. The van der Waals surface area contributed by atoms with Gasteiger partial charge in [0, 0.05) is 10.2 Å². The van der Waals surface area contributed by atoms with Crippen LogP contribution in [0.4, 0.5) is 11.4 Å². The summed E-state index contributed by atoms with van der Waals surface area (Å²) < 4.78 is 0.794. The highest BCUT2D eigenvalue weighted by Crippen LogP contribution is 2.21. The van der Waals surface area contributed by atoms with Gasteiger partial charge >= 0.3 is 0 Å². The minimum Gasteiger partial charge on any atom is -0.325 e. The maximum Gasteiger partial charge on any atom is 0.241 e.